The summed E-state index contributed by atoms with van der Waals surface area (Å²) in [7, 11) is 1.76. The molecular weight excluding hydrogens is 348 g/mol. The monoisotopic (exact) mass is 368 g/mol. The van der Waals surface area contributed by atoms with Crippen LogP contribution in [0.25, 0.3) is 17.1 Å². The molecule has 0 saturated heterocycles. The van der Waals surface area contributed by atoms with Crippen LogP contribution in [-0.2, 0) is 6.54 Å². The highest BCUT2D eigenvalue weighted by Gasteiger charge is 2.21. The normalized spacial score (nSPS) is 10.6. The summed E-state index contributed by atoms with van der Waals surface area (Å²) in [6.07, 6.45) is 0. The molecule has 1 aromatic heterocycles. The van der Waals surface area contributed by atoms with E-state index in [-0.39, 0.29) is 11.7 Å². The first-order chi connectivity index (χ1) is 13.7. The van der Waals surface area contributed by atoms with Crippen LogP contribution in [-0.4, -0.2) is 32.6 Å². The molecule has 0 radical (unpaired) electrons. The standard InChI is InChI=1S/C23H20N4O/c1-26(17-18-11-5-2-6-12-18)23(28)21-24-22(19-13-7-3-8-14-19)27(25-21)20-15-9-4-10-16-20/h2-16H,17H2,1H3. The number of aromatic nitrogens is 3. The quantitative estimate of drug-likeness (QED) is 0.530. The van der Waals surface area contributed by atoms with Crippen LogP contribution in [0.4, 0.5) is 0 Å². The molecule has 1 heterocycles. The topological polar surface area (TPSA) is 51.0 Å². The summed E-state index contributed by atoms with van der Waals surface area (Å²) in [5.41, 5.74) is 2.83. The molecule has 0 unspecified atom stereocenters. The third-order valence-corrected chi connectivity index (χ3v) is 4.44. The Hall–Kier alpha value is -3.73. The lowest BCUT2D eigenvalue weighted by atomic mass is 10.2. The minimum Gasteiger partial charge on any atom is -0.335 e. The SMILES string of the molecule is CN(Cc1ccccc1)C(=O)c1nc(-c2ccccc2)n(-c2ccccc2)n1. The molecule has 0 saturated carbocycles. The van der Waals surface area contributed by atoms with Gasteiger partial charge in [0.25, 0.3) is 5.91 Å². The fraction of sp³-hybridized carbons (Fsp3) is 0.0870. The number of benzene rings is 3. The molecule has 0 atom stereocenters. The second-order valence-electron chi connectivity index (χ2n) is 6.52. The zero-order valence-corrected chi connectivity index (χ0v) is 15.6. The van der Waals surface area contributed by atoms with Gasteiger partial charge in [-0.3, -0.25) is 4.79 Å². The van der Waals surface area contributed by atoms with Crippen LogP contribution < -0.4 is 0 Å². The molecule has 4 aromatic rings. The van der Waals surface area contributed by atoms with Gasteiger partial charge in [-0.05, 0) is 17.7 Å². The van der Waals surface area contributed by atoms with Gasteiger partial charge in [0.2, 0.25) is 5.82 Å². The number of rotatable bonds is 5. The maximum absolute atomic E-state index is 13.0. The third-order valence-electron chi connectivity index (χ3n) is 4.44. The number of carbonyl (C=O) groups is 1. The highest BCUT2D eigenvalue weighted by Crippen LogP contribution is 2.21. The van der Waals surface area contributed by atoms with E-state index in [1.165, 1.54) is 0 Å². The lowest BCUT2D eigenvalue weighted by molar-refractivity contribution is 0.0773. The van der Waals surface area contributed by atoms with E-state index in [1.54, 1.807) is 16.6 Å². The average molecular weight is 368 g/mol. The molecule has 138 valence electrons. The van der Waals surface area contributed by atoms with E-state index in [2.05, 4.69) is 10.1 Å². The van der Waals surface area contributed by atoms with E-state index < -0.39 is 0 Å². The fourth-order valence-corrected chi connectivity index (χ4v) is 3.03. The first-order valence-corrected chi connectivity index (χ1v) is 9.09. The van der Waals surface area contributed by atoms with E-state index in [4.69, 9.17) is 0 Å². The zero-order valence-electron chi connectivity index (χ0n) is 15.6. The van der Waals surface area contributed by atoms with E-state index >= 15 is 0 Å². The Bertz CT molecular complexity index is 1000. The van der Waals surface area contributed by atoms with Gasteiger partial charge in [0.1, 0.15) is 0 Å². The van der Waals surface area contributed by atoms with Crippen molar-refractivity contribution in [2.45, 2.75) is 6.54 Å². The zero-order chi connectivity index (χ0) is 19.3. The van der Waals surface area contributed by atoms with Crippen molar-refractivity contribution in [1.82, 2.24) is 19.7 Å². The number of hydrogen-bond acceptors (Lipinski definition) is 3. The average Bonchev–Trinajstić information content (AvgIpc) is 3.20. The van der Waals surface area contributed by atoms with Crippen LogP contribution in [0.2, 0.25) is 0 Å². The summed E-state index contributed by atoms with van der Waals surface area (Å²) in [5.74, 6) is 0.611. The molecule has 5 heteroatoms. The molecule has 4 rings (SSSR count). The summed E-state index contributed by atoms with van der Waals surface area (Å²) in [4.78, 5) is 19.2. The van der Waals surface area contributed by atoms with Gasteiger partial charge in [0.15, 0.2) is 5.82 Å². The molecule has 0 fully saturated rings. The minimum absolute atomic E-state index is 0.182. The molecule has 0 N–H and O–H groups in total. The molecule has 3 aromatic carbocycles. The highest BCUT2D eigenvalue weighted by atomic mass is 16.2. The molecule has 0 bridgehead atoms. The number of para-hydroxylation sites is 1. The summed E-state index contributed by atoms with van der Waals surface area (Å²) in [6, 6.07) is 29.4. The van der Waals surface area contributed by atoms with E-state index in [0.29, 0.717) is 12.4 Å². The van der Waals surface area contributed by atoms with Crippen molar-refractivity contribution < 1.29 is 4.79 Å². The summed E-state index contributed by atoms with van der Waals surface area (Å²) in [6.45, 7) is 0.500. The Morgan fingerprint density at radius 1 is 0.857 bits per heavy atom. The molecule has 5 nitrogen and oxygen atoms in total. The maximum Gasteiger partial charge on any atom is 0.293 e. The number of nitrogens with zero attached hydrogens (tertiary/aromatic N) is 4. The molecule has 0 aliphatic heterocycles. The van der Waals surface area contributed by atoms with Crippen molar-refractivity contribution in [3.05, 3.63) is 102 Å². The molecular formula is C23H20N4O. The Morgan fingerprint density at radius 2 is 1.43 bits per heavy atom. The van der Waals surface area contributed by atoms with Crippen LogP contribution in [0.1, 0.15) is 16.2 Å². The molecule has 0 aliphatic carbocycles. The highest BCUT2D eigenvalue weighted by molar-refractivity contribution is 5.90. The summed E-state index contributed by atoms with van der Waals surface area (Å²) >= 11 is 0. The second kappa shape index (κ2) is 7.88. The largest absolute Gasteiger partial charge is 0.335 e. The van der Waals surface area contributed by atoms with E-state index in [9.17, 15) is 4.79 Å². The summed E-state index contributed by atoms with van der Waals surface area (Å²) in [5, 5.41) is 4.53. The molecule has 0 aliphatic rings. The van der Waals surface area contributed by atoms with Crippen molar-refractivity contribution in [3.8, 4) is 17.1 Å². The predicted octanol–water partition coefficient (Wildman–Crippen LogP) is 4.21. The van der Waals surface area contributed by atoms with Gasteiger partial charge in [-0.2, -0.15) is 0 Å². The first-order valence-electron chi connectivity index (χ1n) is 9.09. The van der Waals surface area contributed by atoms with Gasteiger partial charge in [-0.1, -0.05) is 78.9 Å². The Morgan fingerprint density at radius 3 is 2.07 bits per heavy atom. The molecule has 1 amide bonds. The van der Waals surface area contributed by atoms with Crippen molar-refractivity contribution in [1.29, 1.82) is 0 Å². The van der Waals surface area contributed by atoms with Crippen LogP contribution in [0.3, 0.4) is 0 Å². The molecule has 0 spiro atoms. The van der Waals surface area contributed by atoms with Crippen molar-refractivity contribution >= 4 is 5.91 Å². The smallest absolute Gasteiger partial charge is 0.293 e. The number of carbonyl (C=O) groups excluding carboxylic acids is 1. The van der Waals surface area contributed by atoms with Gasteiger partial charge < -0.3 is 4.90 Å². The van der Waals surface area contributed by atoms with Crippen LogP contribution in [0, 0.1) is 0 Å². The Balaban J connectivity index is 1.70. The Labute approximate surface area is 163 Å². The fourth-order valence-electron chi connectivity index (χ4n) is 3.03. The van der Waals surface area contributed by atoms with Crippen LogP contribution in [0.5, 0.6) is 0 Å². The van der Waals surface area contributed by atoms with E-state index in [1.807, 2.05) is 91.0 Å². The van der Waals surface area contributed by atoms with Gasteiger partial charge in [-0.15, -0.1) is 5.10 Å². The van der Waals surface area contributed by atoms with Crippen LogP contribution in [0.15, 0.2) is 91.0 Å². The van der Waals surface area contributed by atoms with Crippen molar-refractivity contribution in [3.63, 3.8) is 0 Å². The second-order valence-corrected chi connectivity index (χ2v) is 6.52. The minimum atomic E-state index is -0.212. The first kappa shape index (κ1) is 17.7. The molecule has 28 heavy (non-hydrogen) atoms. The Kier molecular flexibility index (Phi) is 4.97. The van der Waals surface area contributed by atoms with Gasteiger partial charge in [-0.25, -0.2) is 9.67 Å². The number of amides is 1. The van der Waals surface area contributed by atoms with Gasteiger partial charge in [0, 0.05) is 19.2 Å². The van der Waals surface area contributed by atoms with Crippen LogP contribution >= 0.6 is 0 Å². The summed E-state index contributed by atoms with van der Waals surface area (Å²) < 4.78 is 1.72. The van der Waals surface area contributed by atoms with Crippen molar-refractivity contribution in [2.24, 2.45) is 0 Å². The predicted molar refractivity (Wildman–Crippen MR) is 109 cm³/mol. The van der Waals surface area contributed by atoms with Gasteiger partial charge in [0.05, 0.1) is 5.69 Å². The lowest BCUT2D eigenvalue weighted by Crippen LogP contribution is -2.27. The maximum atomic E-state index is 13.0. The van der Waals surface area contributed by atoms with Crippen molar-refractivity contribution in [2.75, 3.05) is 7.05 Å². The lowest BCUT2D eigenvalue weighted by Gasteiger charge is -2.15. The van der Waals surface area contributed by atoms with E-state index in [0.717, 1.165) is 16.8 Å². The number of hydrogen-bond donors (Lipinski definition) is 0. The van der Waals surface area contributed by atoms with Gasteiger partial charge >= 0.3 is 0 Å². The third kappa shape index (κ3) is 3.69.